The highest BCUT2D eigenvalue weighted by Crippen LogP contribution is 2.43. The number of hydrogen-bond acceptors (Lipinski definition) is 4. The molecule has 6 heteroatoms. The van der Waals surface area contributed by atoms with E-state index in [1.165, 1.54) is 0 Å². The summed E-state index contributed by atoms with van der Waals surface area (Å²) in [5.41, 5.74) is 2.28. The molecule has 0 bridgehead atoms. The van der Waals surface area contributed by atoms with Crippen molar-refractivity contribution in [2.75, 3.05) is 6.61 Å². The van der Waals surface area contributed by atoms with Gasteiger partial charge in [-0.1, -0.05) is 109 Å². The zero-order valence-corrected chi connectivity index (χ0v) is 25.5. The Labute approximate surface area is 231 Å². The van der Waals surface area contributed by atoms with Gasteiger partial charge in [0.05, 0.1) is 12.5 Å². The van der Waals surface area contributed by atoms with Crippen LogP contribution in [-0.2, 0) is 27.1 Å². The maximum absolute atomic E-state index is 13.5. The smallest absolute Gasteiger partial charge is 0.230 e. The summed E-state index contributed by atoms with van der Waals surface area (Å²) in [5, 5.41) is 12.2. The second-order valence-corrected chi connectivity index (χ2v) is 17.4. The Balaban J connectivity index is 1.74. The summed E-state index contributed by atoms with van der Waals surface area (Å²) in [6.07, 6.45) is 1.45. The summed E-state index contributed by atoms with van der Waals surface area (Å²) in [6.45, 7) is 17.1. The minimum atomic E-state index is -1.93. The van der Waals surface area contributed by atoms with E-state index in [-0.39, 0.29) is 5.91 Å². The van der Waals surface area contributed by atoms with Crippen molar-refractivity contribution in [1.82, 2.24) is 4.90 Å². The summed E-state index contributed by atoms with van der Waals surface area (Å²) in [4.78, 5) is 15.1. The van der Waals surface area contributed by atoms with E-state index in [2.05, 4.69) is 41.5 Å². The number of aliphatic hydroxyl groups is 1. The van der Waals surface area contributed by atoms with Crippen molar-refractivity contribution in [2.24, 2.45) is 5.92 Å². The lowest BCUT2D eigenvalue weighted by Crippen LogP contribution is -2.52. The van der Waals surface area contributed by atoms with Crippen molar-refractivity contribution in [3.8, 4) is 0 Å². The first-order chi connectivity index (χ1) is 18.0. The second kappa shape index (κ2) is 13.4. The number of rotatable bonds is 14. The number of unbranched alkanes of at least 4 members (excludes halogenated alkanes) is 1. The van der Waals surface area contributed by atoms with Crippen LogP contribution >= 0.6 is 0 Å². The number of carbonyl (C=O) groups excluding carboxylic acids is 1. The molecule has 0 spiro atoms. The van der Waals surface area contributed by atoms with Gasteiger partial charge in [-0.15, -0.1) is 0 Å². The standard InChI is InChI=1S/C32H49NO4Si/c1-24(2)38(25(3)4,26(5)6)37-21-15-14-20-32(35)30(36-23-29-18-12-9-13-19-29)27(7)31(34)33(32)22-28-16-10-8-11-17-28/h8-13,16-19,24-27,30,35H,14-15,20-23H2,1-7H3/t27-,30+,32+/m1/s1. The molecular formula is C32H49NO4Si. The van der Waals surface area contributed by atoms with E-state index in [1.54, 1.807) is 4.90 Å². The van der Waals surface area contributed by atoms with Crippen molar-refractivity contribution < 1.29 is 19.1 Å². The molecule has 1 heterocycles. The highest BCUT2D eigenvalue weighted by atomic mass is 28.4. The number of hydrogen-bond donors (Lipinski definition) is 1. The van der Waals surface area contributed by atoms with Gasteiger partial charge in [-0.2, -0.15) is 0 Å². The summed E-state index contributed by atoms with van der Waals surface area (Å²) in [6, 6.07) is 19.8. The van der Waals surface area contributed by atoms with Gasteiger partial charge < -0.3 is 19.2 Å². The van der Waals surface area contributed by atoms with Gasteiger partial charge in [0.25, 0.3) is 0 Å². The second-order valence-electron chi connectivity index (χ2n) is 11.9. The largest absolute Gasteiger partial charge is 0.416 e. The highest BCUT2D eigenvalue weighted by Gasteiger charge is 2.56. The highest BCUT2D eigenvalue weighted by molar-refractivity contribution is 6.77. The third-order valence-electron chi connectivity index (χ3n) is 8.49. The third kappa shape index (κ3) is 6.59. The van der Waals surface area contributed by atoms with E-state index in [0.717, 1.165) is 24.0 Å². The van der Waals surface area contributed by atoms with Crippen LogP contribution in [0.4, 0.5) is 0 Å². The molecule has 2 aromatic carbocycles. The van der Waals surface area contributed by atoms with E-state index in [4.69, 9.17) is 9.16 Å². The molecule has 3 rings (SSSR count). The molecule has 0 radical (unpaired) electrons. The van der Waals surface area contributed by atoms with Gasteiger partial charge in [-0.25, -0.2) is 0 Å². The first-order valence-electron chi connectivity index (χ1n) is 14.4. The molecule has 3 atom stereocenters. The van der Waals surface area contributed by atoms with Crippen molar-refractivity contribution in [1.29, 1.82) is 0 Å². The maximum Gasteiger partial charge on any atom is 0.230 e. The minimum absolute atomic E-state index is 0.0588. The average Bonchev–Trinajstić information content (AvgIpc) is 3.05. The summed E-state index contributed by atoms with van der Waals surface area (Å²) in [5.74, 6) is -0.483. The van der Waals surface area contributed by atoms with Crippen molar-refractivity contribution in [3.63, 3.8) is 0 Å². The average molecular weight is 540 g/mol. The number of ether oxygens (including phenoxy) is 1. The molecule has 1 aliphatic heterocycles. The Hall–Kier alpha value is -1.99. The summed E-state index contributed by atoms with van der Waals surface area (Å²) in [7, 11) is -1.93. The topological polar surface area (TPSA) is 59.0 Å². The monoisotopic (exact) mass is 539 g/mol. The van der Waals surface area contributed by atoms with Crippen LogP contribution in [0.5, 0.6) is 0 Å². The molecule has 5 nitrogen and oxygen atoms in total. The van der Waals surface area contributed by atoms with Crippen LogP contribution in [-0.4, -0.2) is 42.7 Å². The van der Waals surface area contributed by atoms with E-state index >= 15 is 0 Å². The van der Waals surface area contributed by atoms with E-state index in [1.807, 2.05) is 67.6 Å². The number of carbonyl (C=O) groups is 1. The molecule has 1 saturated heterocycles. The van der Waals surface area contributed by atoms with E-state index < -0.39 is 26.1 Å². The summed E-state index contributed by atoms with van der Waals surface area (Å²) < 4.78 is 13.1. The SMILES string of the molecule is CC(C)[Si](OCCCC[C@]1(O)[C@@H](OCc2ccccc2)[C@@H](C)C(=O)N1Cc1ccccc1)(C(C)C)C(C)C. The summed E-state index contributed by atoms with van der Waals surface area (Å²) >= 11 is 0. The molecule has 2 aromatic rings. The predicted octanol–water partition coefficient (Wildman–Crippen LogP) is 7.30. The molecular weight excluding hydrogens is 490 g/mol. The van der Waals surface area contributed by atoms with Crippen molar-refractivity contribution in [2.45, 2.75) is 109 Å². The molecule has 1 amide bonds. The van der Waals surface area contributed by atoms with Crippen LogP contribution in [0.1, 0.15) is 78.9 Å². The first-order valence-corrected chi connectivity index (χ1v) is 16.5. The van der Waals surface area contributed by atoms with E-state index in [9.17, 15) is 9.90 Å². The lowest BCUT2D eigenvalue weighted by molar-refractivity contribution is -0.180. The lowest BCUT2D eigenvalue weighted by atomic mass is 9.95. The fraction of sp³-hybridized carbons (Fsp3) is 0.594. The quantitative estimate of drug-likeness (QED) is 0.202. The Morgan fingerprint density at radius 2 is 1.39 bits per heavy atom. The molecule has 0 saturated carbocycles. The Morgan fingerprint density at radius 3 is 1.92 bits per heavy atom. The van der Waals surface area contributed by atoms with Gasteiger partial charge in [-0.3, -0.25) is 4.79 Å². The van der Waals surface area contributed by atoms with Crippen LogP contribution in [0.15, 0.2) is 60.7 Å². The van der Waals surface area contributed by atoms with Gasteiger partial charge in [0.15, 0.2) is 14.0 Å². The molecule has 0 aliphatic carbocycles. The van der Waals surface area contributed by atoms with Gasteiger partial charge in [0.2, 0.25) is 5.91 Å². The van der Waals surface area contributed by atoms with E-state index in [0.29, 0.717) is 42.8 Å². The fourth-order valence-electron chi connectivity index (χ4n) is 6.65. The third-order valence-corrected chi connectivity index (χ3v) is 14.6. The first kappa shape index (κ1) is 30.5. The fourth-order valence-corrected chi connectivity index (χ4v) is 12.2. The van der Waals surface area contributed by atoms with Crippen molar-refractivity contribution in [3.05, 3.63) is 71.8 Å². The van der Waals surface area contributed by atoms with Crippen LogP contribution in [0, 0.1) is 5.92 Å². The molecule has 1 fully saturated rings. The van der Waals surface area contributed by atoms with Crippen LogP contribution in [0.2, 0.25) is 16.6 Å². The van der Waals surface area contributed by atoms with Crippen LogP contribution in [0.25, 0.3) is 0 Å². The zero-order valence-electron chi connectivity index (χ0n) is 24.5. The molecule has 38 heavy (non-hydrogen) atoms. The minimum Gasteiger partial charge on any atom is -0.416 e. The van der Waals surface area contributed by atoms with Gasteiger partial charge in [-0.05, 0) is 47.0 Å². The molecule has 0 aromatic heterocycles. The molecule has 1 aliphatic rings. The number of nitrogens with zero attached hydrogens (tertiary/aromatic N) is 1. The normalized spacial score (nSPS) is 22.3. The maximum atomic E-state index is 13.5. The number of amides is 1. The molecule has 0 unspecified atom stereocenters. The van der Waals surface area contributed by atoms with Gasteiger partial charge in [0, 0.05) is 13.2 Å². The van der Waals surface area contributed by atoms with Gasteiger partial charge >= 0.3 is 0 Å². The number of benzene rings is 2. The van der Waals surface area contributed by atoms with Crippen molar-refractivity contribution >= 4 is 14.2 Å². The molecule has 1 N–H and O–H groups in total. The lowest BCUT2D eigenvalue weighted by Gasteiger charge is -2.42. The van der Waals surface area contributed by atoms with Gasteiger partial charge in [0.1, 0.15) is 6.10 Å². The predicted molar refractivity (Wildman–Crippen MR) is 157 cm³/mol. The Kier molecular flexibility index (Phi) is 10.8. The van der Waals surface area contributed by atoms with Crippen LogP contribution < -0.4 is 0 Å². The number of likely N-dealkylation sites (tertiary alicyclic amines) is 1. The molecule has 210 valence electrons. The zero-order chi connectivity index (χ0) is 27.9. The Bertz CT molecular complexity index is 975. The Morgan fingerprint density at radius 1 is 0.868 bits per heavy atom. The van der Waals surface area contributed by atoms with Crippen LogP contribution in [0.3, 0.4) is 0 Å².